The number of fused-ring (bicyclic) bond motifs is 2. The molecule has 3 aliphatic heterocycles. The Kier molecular flexibility index (Phi) is 10.6. The van der Waals surface area contributed by atoms with E-state index in [-0.39, 0.29) is 65.6 Å². The molecule has 1 fully saturated rings. The fraction of sp³-hybridized carbons (Fsp3) is 0.462. The number of benzene rings is 1. The summed E-state index contributed by atoms with van der Waals surface area (Å²) in [5.74, 6) is -4.89. The van der Waals surface area contributed by atoms with Crippen molar-refractivity contribution in [1.82, 2.24) is 20.0 Å². The quantitative estimate of drug-likeness (QED) is 0.145. The van der Waals surface area contributed by atoms with Gasteiger partial charge >= 0.3 is 35.5 Å². The number of carboxylic acids is 2. The van der Waals surface area contributed by atoms with Gasteiger partial charge in [0.2, 0.25) is 5.91 Å². The number of carbonyl (C=O) groups is 6. The van der Waals surface area contributed by atoms with Gasteiger partial charge in [0, 0.05) is 18.7 Å². The van der Waals surface area contributed by atoms with Crippen LogP contribution in [0, 0.1) is 0 Å². The van der Waals surface area contributed by atoms with Crippen molar-refractivity contribution < 1.29 is 68.5 Å². The van der Waals surface area contributed by atoms with Crippen molar-refractivity contribution in [3.63, 3.8) is 0 Å². The zero-order valence-electron chi connectivity index (χ0n) is 22.5. The van der Waals surface area contributed by atoms with Crippen LogP contribution < -0.4 is 40.0 Å². The molecular formula is C26H29N4NaO8S. The van der Waals surface area contributed by atoms with E-state index in [0.717, 1.165) is 18.0 Å². The second kappa shape index (κ2) is 13.3. The van der Waals surface area contributed by atoms with Gasteiger partial charge in [0.15, 0.2) is 0 Å². The maximum Gasteiger partial charge on any atom is 1.00 e. The molecule has 4 amide bonds. The minimum Gasteiger partial charge on any atom is -0.543 e. The molecule has 1 unspecified atom stereocenters. The standard InChI is InChI=1S/C26H30N4O8S.Na/c1-3-28(4-2)12-14-13-39-24-19(23(34)30(24)20(14)26(37)38)27-18(31)11-7-10-17(25(35)36)29-21(32)15-8-5-6-9-16(15)22(29)33;/h5-6,8-9,17,19,24H,3-4,7,10-13H2,1-2H3,(H,27,31)(H,35,36)(H,37,38);/q;+1/p-1/t17?,19-,24+;/m1./s1. The molecule has 0 spiro atoms. The van der Waals surface area contributed by atoms with Crippen molar-refractivity contribution >= 4 is 47.3 Å². The van der Waals surface area contributed by atoms with Gasteiger partial charge in [-0.15, -0.1) is 11.8 Å². The van der Waals surface area contributed by atoms with E-state index in [1.54, 1.807) is 12.1 Å². The molecule has 12 nitrogen and oxygen atoms in total. The predicted molar refractivity (Wildman–Crippen MR) is 137 cm³/mol. The van der Waals surface area contributed by atoms with Gasteiger partial charge in [-0.05, 0) is 43.6 Å². The van der Waals surface area contributed by atoms with Crippen LogP contribution in [-0.4, -0.2) is 98.2 Å². The fourth-order valence-corrected chi connectivity index (χ4v) is 6.40. The Morgan fingerprint density at radius 1 is 1.12 bits per heavy atom. The summed E-state index contributed by atoms with van der Waals surface area (Å²) in [6.07, 6.45) is -0.259. The molecule has 1 saturated heterocycles. The van der Waals surface area contributed by atoms with Gasteiger partial charge in [0.05, 0.1) is 22.8 Å². The minimum absolute atomic E-state index is 0. The van der Waals surface area contributed by atoms with Crippen molar-refractivity contribution in [2.24, 2.45) is 0 Å². The number of carbonyl (C=O) groups excluding carboxylic acids is 5. The van der Waals surface area contributed by atoms with Gasteiger partial charge in [0.1, 0.15) is 17.5 Å². The van der Waals surface area contributed by atoms with Crippen LogP contribution in [0.3, 0.4) is 0 Å². The summed E-state index contributed by atoms with van der Waals surface area (Å²) in [6, 6.07) is 3.71. The van der Waals surface area contributed by atoms with E-state index in [4.69, 9.17) is 0 Å². The van der Waals surface area contributed by atoms with Crippen LogP contribution in [0.15, 0.2) is 35.5 Å². The number of nitrogens with one attached hydrogen (secondary N) is 1. The fourth-order valence-electron chi connectivity index (χ4n) is 5.07. The number of amides is 4. The molecule has 0 bridgehead atoms. The number of β-lactam (4-membered cyclic amide) rings is 1. The van der Waals surface area contributed by atoms with Crippen LogP contribution in [0.1, 0.15) is 53.8 Å². The number of thioether (sulfide) groups is 1. The topological polar surface area (TPSA) is 167 Å². The minimum atomic E-state index is -1.44. The molecule has 1 aromatic rings. The number of rotatable bonds is 12. The number of aliphatic carboxylic acids is 2. The molecule has 0 radical (unpaired) electrons. The number of likely N-dealkylation sites (N-methyl/N-ethyl adjacent to an activating group) is 1. The molecule has 0 saturated carbocycles. The van der Waals surface area contributed by atoms with Gasteiger partial charge in [0.25, 0.3) is 17.7 Å². The SMILES string of the molecule is CCN(CC)CC1=C(C(=O)[O-])N2C(=O)[C@@H](NC(=O)CCCC(C(=O)O)N3C(=O)c4ccccc4C3=O)[C@@H]2SC1.[Na+]. The molecule has 1 aromatic carbocycles. The number of carboxylic acid groups (broad SMARTS) is 2. The first-order valence-electron chi connectivity index (χ1n) is 12.7. The molecule has 0 aromatic heterocycles. The average molecular weight is 581 g/mol. The molecule has 3 atom stereocenters. The summed E-state index contributed by atoms with van der Waals surface area (Å²) in [7, 11) is 0. The van der Waals surface area contributed by atoms with E-state index in [1.165, 1.54) is 23.9 Å². The van der Waals surface area contributed by atoms with Crippen LogP contribution in [0.5, 0.6) is 0 Å². The molecule has 14 heteroatoms. The normalized spacial score (nSPS) is 20.5. The van der Waals surface area contributed by atoms with E-state index in [9.17, 15) is 39.0 Å². The third-order valence-corrected chi connectivity index (χ3v) is 8.51. The average Bonchev–Trinajstić information content (AvgIpc) is 3.17. The maximum absolute atomic E-state index is 12.8. The first-order chi connectivity index (χ1) is 18.6. The second-order valence-electron chi connectivity index (χ2n) is 9.43. The molecular weight excluding hydrogens is 551 g/mol. The third kappa shape index (κ3) is 5.98. The van der Waals surface area contributed by atoms with E-state index in [1.807, 2.05) is 18.7 Å². The Bertz CT molecular complexity index is 1230. The first kappa shape index (κ1) is 31.8. The largest absolute Gasteiger partial charge is 1.00 e. The van der Waals surface area contributed by atoms with Crippen molar-refractivity contribution in [1.29, 1.82) is 0 Å². The van der Waals surface area contributed by atoms with Gasteiger partial charge in [-0.3, -0.25) is 33.9 Å². The van der Waals surface area contributed by atoms with Crippen molar-refractivity contribution in [2.45, 2.75) is 50.6 Å². The van der Waals surface area contributed by atoms with Crippen molar-refractivity contribution in [2.75, 3.05) is 25.4 Å². The Hall–Kier alpha value is -2.71. The number of imide groups is 1. The van der Waals surface area contributed by atoms with E-state index < -0.39 is 53.0 Å². The summed E-state index contributed by atoms with van der Waals surface area (Å²) in [5, 5.41) is 23.6. The summed E-state index contributed by atoms with van der Waals surface area (Å²) >= 11 is 1.36. The summed E-state index contributed by atoms with van der Waals surface area (Å²) < 4.78 is 0. The number of nitrogens with zero attached hydrogens (tertiary/aromatic N) is 3. The molecule has 2 N–H and O–H groups in total. The number of hydrogen-bond donors (Lipinski definition) is 2. The summed E-state index contributed by atoms with van der Waals surface area (Å²) in [5.41, 5.74) is 0.710. The molecule has 3 aliphatic rings. The van der Waals surface area contributed by atoms with Crippen LogP contribution >= 0.6 is 11.8 Å². The van der Waals surface area contributed by atoms with E-state index in [2.05, 4.69) is 5.32 Å². The second-order valence-corrected chi connectivity index (χ2v) is 10.5. The van der Waals surface area contributed by atoms with Gasteiger partial charge in [-0.2, -0.15) is 0 Å². The zero-order valence-corrected chi connectivity index (χ0v) is 25.4. The van der Waals surface area contributed by atoms with Gasteiger partial charge in [-0.25, -0.2) is 4.79 Å². The molecule has 40 heavy (non-hydrogen) atoms. The van der Waals surface area contributed by atoms with E-state index in [0.29, 0.717) is 22.8 Å². The Labute approximate surface area is 257 Å². The van der Waals surface area contributed by atoms with Crippen LogP contribution in [-0.2, 0) is 19.2 Å². The van der Waals surface area contributed by atoms with Crippen molar-refractivity contribution in [3.05, 3.63) is 46.7 Å². The van der Waals surface area contributed by atoms with Crippen molar-refractivity contribution in [3.8, 4) is 0 Å². The monoisotopic (exact) mass is 580 g/mol. The summed E-state index contributed by atoms with van der Waals surface area (Å²) in [4.78, 5) is 78.5. The Balaban J connectivity index is 0.00000441. The van der Waals surface area contributed by atoms with Gasteiger partial charge < -0.3 is 20.3 Å². The molecule has 0 aliphatic carbocycles. The first-order valence-corrected chi connectivity index (χ1v) is 13.7. The Morgan fingerprint density at radius 3 is 2.25 bits per heavy atom. The summed E-state index contributed by atoms with van der Waals surface area (Å²) in [6.45, 7) is 5.75. The smallest absolute Gasteiger partial charge is 0.543 e. The molecule has 208 valence electrons. The van der Waals surface area contributed by atoms with Crippen LogP contribution in [0.4, 0.5) is 0 Å². The Morgan fingerprint density at radius 2 is 1.73 bits per heavy atom. The van der Waals surface area contributed by atoms with Gasteiger partial charge in [-0.1, -0.05) is 26.0 Å². The predicted octanol–water partition coefficient (Wildman–Crippen LogP) is -3.34. The number of hydrogen-bond acceptors (Lipinski definition) is 9. The third-order valence-electron chi connectivity index (χ3n) is 7.17. The van der Waals surface area contributed by atoms with E-state index >= 15 is 0 Å². The maximum atomic E-state index is 12.8. The molecule has 4 rings (SSSR count). The molecule has 3 heterocycles. The van der Waals surface area contributed by atoms with Crippen LogP contribution in [0.25, 0.3) is 0 Å². The van der Waals surface area contributed by atoms with Crippen LogP contribution in [0.2, 0.25) is 0 Å². The zero-order chi connectivity index (χ0) is 28.4.